The molecule has 4 rings (SSSR count). The molecule has 4 heterocycles. The molecule has 0 aromatic carbocycles. The van der Waals surface area contributed by atoms with Crippen molar-refractivity contribution in [2.75, 3.05) is 6.61 Å². The minimum atomic E-state index is -0.923. The summed E-state index contributed by atoms with van der Waals surface area (Å²) < 4.78 is 35.5. The second-order valence-electron chi connectivity index (χ2n) is 5.33. The van der Waals surface area contributed by atoms with Crippen LogP contribution in [0, 0.1) is 11.8 Å². The number of imidazole rings is 1. The van der Waals surface area contributed by atoms with Gasteiger partial charge in [-0.05, 0) is 25.3 Å². The number of pyridine rings is 1. The monoisotopic (exact) mass is 317 g/mol. The highest BCUT2D eigenvalue weighted by atomic mass is 19.1. The third-order valence-corrected chi connectivity index (χ3v) is 3.92. The average molecular weight is 317 g/mol. The Morgan fingerprint density at radius 2 is 2.04 bits per heavy atom. The number of hydrogen-bond acceptors (Lipinski definition) is 5. The van der Waals surface area contributed by atoms with Gasteiger partial charge in [0.15, 0.2) is 5.65 Å². The van der Waals surface area contributed by atoms with Gasteiger partial charge in [0.25, 0.3) is 0 Å². The molecule has 1 aliphatic rings. The summed E-state index contributed by atoms with van der Waals surface area (Å²) in [6.45, 7) is 0.675. The third-order valence-electron chi connectivity index (χ3n) is 3.92. The van der Waals surface area contributed by atoms with Crippen LogP contribution in [0.2, 0.25) is 0 Å². The summed E-state index contributed by atoms with van der Waals surface area (Å²) in [5.74, 6) is -1.66. The zero-order valence-electron chi connectivity index (χ0n) is 12.1. The Bertz CT molecular complexity index is 840. The van der Waals surface area contributed by atoms with E-state index in [0.29, 0.717) is 17.8 Å². The topological polar surface area (TPSA) is 65.7 Å². The van der Waals surface area contributed by atoms with Gasteiger partial charge in [-0.25, -0.2) is 24.3 Å². The molecule has 1 aliphatic heterocycles. The molecule has 0 N–H and O–H groups in total. The zero-order valence-corrected chi connectivity index (χ0v) is 12.1. The van der Waals surface area contributed by atoms with Crippen LogP contribution in [0.25, 0.3) is 22.4 Å². The van der Waals surface area contributed by atoms with Gasteiger partial charge in [-0.2, -0.15) is 4.39 Å². The second-order valence-corrected chi connectivity index (χ2v) is 5.33. The lowest BCUT2D eigenvalue weighted by Crippen LogP contribution is -2.17. The van der Waals surface area contributed by atoms with E-state index in [1.807, 2.05) is 0 Å². The second kappa shape index (κ2) is 5.62. The van der Waals surface area contributed by atoms with Gasteiger partial charge in [-0.1, -0.05) is 0 Å². The van der Waals surface area contributed by atoms with E-state index in [0.717, 1.165) is 31.5 Å². The van der Waals surface area contributed by atoms with Crippen LogP contribution < -0.4 is 0 Å². The molecule has 8 heteroatoms. The Hall–Kier alpha value is -2.48. The highest BCUT2D eigenvalue weighted by Gasteiger charge is 2.23. The van der Waals surface area contributed by atoms with Gasteiger partial charge in [-0.3, -0.25) is 4.57 Å². The number of nitrogens with zero attached hydrogens (tertiary/aromatic N) is 5. The Labute approximate surface area is 130 Å². The van der Waals surface area contributed by atoms with E-state index in [2.05, 4.69) is 19.9 Å². The van der Waals surface area contributed by atoms with E-state index in [9.17, 15) is 8.78 Å². The van der Waals surface area contributed by atoms with Crippen molar-refractivity contribution in [3.63, 3.8) is 0 Å². The van der Waals surface area contributed by atoms with Crippen molar-refractivity contribution in [1.29, 1.82) is 0 Å². The van der Waals surface area contributed by atoms with Crippen molar-refractivity contribution in [2.24, 2.45) is 0 Å². The molecule has 1 unspecified atom stereocenters. The van der Waals surface area contributed by atoms with Crippen LogP contribution in [0.3, 0.4) is 0 Å². The molecule has 0 radical (unpaired) electrons. The summed E-state index contributed by atoms with van der Waals surface area (Å²) in [6.07, 6.45) is 6.67. The number of fused-ring (bicyclic) bond motifs is 1. The van der Waals surface area contributed by atoms with Crippen LogP contribution in [0.5, 0.6) is 0 Å². The summed E-state index contributed by atoms with van der Waals surface area (Å²) in [5, 5.41) is 0. The van der Waals surface area contributed by atoms with Crippen molar-refractivity contribution >= 4 is 11.2 Å². The lowest BCUT2D eigenvalue weighted by atomic mass is 10.1. The van der Waals surface area contributed by atoms with Gasteiger partial charge in [0.05, 0.1) is 11.9 Å². The highest BCUT2D eigenvalue weighted by molar-refractivity contribution is 5.87. The van der Waals surface area contributed by atoms with E-state index >= 15 is 0 Å². The van der Waals surface area contributed by atoms with E-state index in [4.69, 9.17) is 4.74 Å². The molecule has 0 aliphatic carbocycles. The lowest BCUT2D eigenvalue weighted by molar-refractivity contribution is -0.0298. The molecular weight excluding hydrogens is 304 g/mol. The standard InChI is InChI=1S/C15H13F2N5O/c16-9-4-5-18-14(17)11(9)12-13-15(20-7-19-12)22(8-21-13)10-3-1-2-6-23-10/h4-5,7-8,10H,1-3,6H2. The van der Waals surface area contributed by atoms with E-state index < -0.39 is 11.8 Å². The molecule has 0 bridgehead atoms. The van der Waals surface area contributed by atoms with Crippen LogP contribution >= 0.6 is 0 Å². The Kier molecular flexibility index (Phi) is 3.45. The van der Waals surface area contributed by atoms with E-state index in [1.54, 1.807) is 10.9 Å². The van der Waals surface area contributed by atoms with Crippen molar-refractivity contribution in [1.82, 2.24) is 24.5 Å². The number of halogens is 2. The number of aromatic nitrogens is 5. The fourth-order valence-corrected chi connectivity index (χ4v) is 2.81. The van der Waals surface area contributed by atoms with E-state index in [-0.39, 0.29) is 17.5 Å². The molecule has 0 spiro atoms. The lowest BCUT2D eigenvalue weighted by Gasteiger charge is -2.23. The van der Waals surface area contributed by atoms with Crippen molar-refractivity contribution in [3.05, 3.63) is 36.7 Å². The summed E-state index contributed by atoms with van der Waals surface area (Å²) in [7, 11) is 0. The minimum Gasteiger partial charge on any atom is -0.358 e. The fraction of sp³-hybridized carbons (Fsp3) is 0.333. The molecule has 1 saturated heterocycles. The number of rotatable bonds is 2. The predicted molar refractivity (Wildman–Crippen MR) is 77.3 cm³/mol. The van der Waals surface area contributed by atoms with Crippen molar-refractivity contribution in [2.45, 2.75) is 25.5 Å². The van der Waals surface area contributed by atoms with Crippen LogP contribution in [0.4, 0.5) is 8.78 Å². The first-order valence-electron chi connectivity index (χ1n) is 7.35. The molecule has 23 heavy (non-hydrogen) atoms. The highest BCUT2D eigenvalue weighted by Crippen LogP contribution is 2.31. The third kappa shape index (κ3) is 2.35. The quantitative estimate of drug-likeness (QED) is 0.680. The minimum absolute atomic E-state index is 0.0904. The van der Waals surface area contributed by atoms with Gasteiger partial charge >= 0.3 is 0 Å². The van der Waals surface area contributed by atoms with Crippen LogP contribution in [0.15, 0.2) is 24.9 Å². The molecule has 3 aromatic heterocycles. The average Bonchev–Trinajstić information content (AvgIpc) is 3.00. The summed E-state index contributed by atoms with van der Waals surface area (Å²) in [4.78, 5) is 16.0. The Balaban J connectivity index is 1.88. The number of ether oxygens (including phenoxy) is 1. The maximum Gasteiger partial charge on any atom is 0.225 e. The van der Waals surface area contributed by atoms with Crippen LogP contribution in [-0.2, 0) is 4.74 Å². The first kappa shape index (κ1) is 14.1. The molecule has 0 amide bonds. The smallest absolute Gasteiger partial charge is 0.225 e. The molecule has 1 atom stereocenters. The predicted octanol–water partition coefficient (Wildman–Crippen LogP) is 2.87. The first-order chi connectivity index (χ1) is 11.3. The summed E-state index contributed by atoms with van der Waals surface area (Å²) in [6, 6.07) is 1.09. The van der Waals surface area contributed by atoms with Crippen LogP contribution in [0.1, 0.15) is 25.5 Å². The Morgan fingerprint density at radius 3 is 2.83 bits per heavy atom. The molecular formula is C15H13F2N5O. The fourth-order valence-electron chi connectivity index (χ4n) is 2.81. The van der Waals surface area contributed by atoms with Crippen molar-refractivity contribution in [3.8, 4) is 11.3 Å². The summed E-state index contributed by atoms with van der Waals surface area (Å²) in [5.41, 5.74) is 0.611. The van der Waals surface area contributed by atoms with Crippen LogP contribution in [-0.4, -0.2) is 31.1 Å². The molecule has 1 fully saturated rings. The van der Waals surface area contributed by atoms with Gasteiger partial charge < -0.3 is 4.74 Å². The molecule has 3 aromatic rings. The molecule has 118 valence electrons. The van der Waals surface area contributed by atoms with Gasteiger partial charge in [0.2, 0.25) is 5.95 Å². The molecule has 6 nitrogen and oxygen atoms in total. The number of hydrogen-bond donors (Lipinski definition) is 0. The van der Waals surface area contributed by atoms with Gasteiger partial charge in [-0.15, -0.1) is 0 Å². The summed E-state index contributed by atoms with van der Waals surface area (Å²) >= 11 is 0. The molecule has 0 saturated carbocycles. The maximum atomic E-state index is 14.0. The van der Waals surface area contributed by atoms with Gasteiger partial charge in [0, 0.05) is 12.8 Å². The largest absolute Gasteiger partial charge is 0.358 e. The van der Waals surface area contributed by atoms with Crippen molar-refractivity contribution < 1.29 is 13.5 Å². The van der Waals surface area contributed by atoms with E-state index in [1.165, 1.54) is 6.33 Å². The first-order valence-corrected chi connectivity index (χ1v) is 7.35. The zero-order chi connectivity index (χ0) is 15.8. The SMILES string of the molecule is Fc1ccnc(F)c1-c1ncnc2c1ncn2C1CCCCO1. The van der Waals surface area contributed by atoms with Gasteiger partial charge in [0.1, 0.15) is 29.6 Å². The normalized spacial score (nSPS) is 18.4. The maximum absolute atomic E-state index is 14.0. The Morgan fingerprint density at radius 1 is 1.13 bits per heavy atom.